The second-order valence-electron chi connectivity index (χ2n) is 3.13. The van der Waals surface area contributed by atoms with Gasteiger partial charge in [-0.3, -0.25) is 0 Å². The van der Waals surface area contributed by atoms with Crippen LogP contribution < -0.4 is 0 Å². The van der Waals surface area contributed by atoms with Crippen LogP contribution in [0.2, 0.25) is 0 Å². The van der Waals surface area contributed by atoms with Crippen LogP contribution in [0.4, 0.5) is 0 Å². The van der Waals surface area contributed by atoms with Crippen LogP contribution in [0.15, 0.2) is 65.9 Å². The number of hydrogen-bond donors (Lipinski definition) is 1. The van der Waals surface area contributed by atoms with E-state index in [2.05, 4.69) is 18.1 Å². The second-order valence-corrected chi connectivity index (χ2v) is 5.45. The van der Waals surface area contributed by atoms with Gasteiger partial charge in [-0.1, -0.05) is 42.2 Å². The Morgan fingerprint density at radius 3 is 2.59 bits per heavy atom. The summed E-state index contributed by atoms with van der Waals surface area (Å²) in [5.41, 5.74) is 1.84. The molecular formula is C13H15NOS2. The van der Waals surface area contributed by atoms with Crippen LogP contribution >= 0.6 is 21.6 Å². The highest BCUT2D eigenvalue weighted by molar-refractivity contribution is 8.76. The zero-order chi connectivity index (χ0) is 12.5. The molecule has 0 aliphatic rings. The molecule has 1 aromatic heterocycles. The van der Waals surface area contributed by atoms with Crippen molar-refractivity contribution in [3.05, 3.63) is 60.9 Å². The van der Waals surface area contributed by atoms with Gasteiger partial charge in [0.25, 0.3) is 0 Å². The summed E-state index contributed by atoms with van der Waals surface area (Å²) in [6, 6.07) is 5.82. The summed E-state index contributed by atoms with van der Waals surface area (Å²) in [6.07, 6.45) is 5.21. The Hall–Kier alpha value is -0.970. The molecule has 90 valence electrons. The molecule has 0 bridgehead atoms. The average Bonchev–Trinajstić information content (AvgIpc) is 2.39. The number of hydrogen-bond acceptors (Lipinski definition) is 4. The Morgan fingerprint density at radius 2 is 2.06 bits per heavy atom. The van der Waals surface area contributed by atoms with E-state index in [1.165, 1.54) is 0 Å². The van der Waals surface area contributed by atoms with Gasteiger partial charge in [-0.15, -0.1) is 0 Å². The molecule has 4 heteroatoms. The fourth-order valence-electron chi connectivity index (χ4n) is 1.13. The minimum absolute atomic E-state index is 0.000330. The predicted molar refractivity (Wildman–Crippen MR) is 77.1 cm³/mol. The summed E-state index contributed by atoms with van der Waals surface area (Å²) in [6.45, 7) is 7.42. The first kappa shape index (κ1) is 14.1. The molecule has 1 aromatic rings. The number of pyridine rings is 1. The molecule has 0 amide bonds. The van der Waals surface area contributed by atoms with E-state index in [-0.39, 0.29) is 6.61 Å². The Labute approximate surface area is 110 Å². The van der Waals surface area contributed by atoms with Gasteiger partial charge in [0.15, 0.2) is 0 Å². The molecule has 0 spiro atoms. The SMILES string of the molecule is C=C/C(CO)=C(\C=C)CSSc1ccccn1. The summed E-state index contributed by atoms with van der Waals surface area (Å²) in [7, 11) is 3.27. The molecule has 1 heterocycles. The summed E-state index contributed by atoms with van der Waals surface area (Å²) >= 11 is 0. The molecule has 17 heavy (non-hydrogen) atoms. The van der Waals surface area contributed by atoms with Crippen molar-refractivity contribution in [1.29, 1.82) is 0 Å². The smallest absolute Gasteiger partial charge is 0.106 e. The third-order valence-corrected chi connectivity index (χ3v) is 4.25. The fourth-order valence-corrected chi connectivity index (χ4v) is 3.19. The van der Waals surface area contributed by atoms with Crippen LogP contribution in [0, 0.1) is 0 Å². The molecule has 0 unspecified atom stereocenters. The summed E-state index contributed by atoms with van der Waals surface area (Å²) in [5.74, 6) is 0.770. The molecule has 1 N–H and O–H groups in total. The van der Waals surface area contributed by atoms with Gasteiger partial charge in [-0.25, -0.2) is 4.98 Å². The number of aromatic nitrogens is 1. The molecule has 0 radical (unpaired) electrons. The number of aliphatic hydroxyl groups excluding tert-OH is 1. The second kappa shape index (κ2) is 8.17. The highest BCUT2D eigenvalue weighted by atomic mass is 33.1. The van der Waals surface area contributed by atoms with Crippen LogP contribution in [-0.4, -0.2) is 22.5 Å². The third kappa shape index (κ3) is 4.81. The Morgan fingerprint density at radius 1 is 1.29 bits per heavy atom. The Balaban J connectivity index is 2.52. The van der Waals surface area contributed by atoms with E-state index < -0.39 is 0 Å². The topological polar surface area (TPSA) is 33.1 Å². The third-order valence-electron chi connectivity index (χ3n) is 2.07. The van der Waals surface area contributed by atoms with E-state index in [1.54, 1.807) is 39.9 Å². The van der Waals surface area contributed by atoms with Crippen LogP contribution in [0.5, 0.6) is 0 Å². The lowest BCUT2D eigenvalue weighted by Gasteiger charge is -2.05. The van der Waals surface area contributed by atoms with Gasteiger partial charge in [-0.2, -0.15) is 0 Å². The molecule has 0 saturated carbocycles. The lowest BCUT2D eigenvalue weighted by molar-refractivity contribution is 0.334. The van der Waals surface area contributed by atoms with E-state index in [0.717, 1.165) is 21.9 Å². The molecule has 0 aromatic carbocycles. The highest BCUT2D eigenvalue weighted by Crippen LogP contribution is 2.31. The standard InChI is InChI=1S/C13H15NOS2/c1-3-11(9-15)12(4-2)10-16-17-13-7-5-6-8-14-13/h3-8,15H,1-2,9-10H2/b12-11-. The summed E-state index contributed by atoms with van der Waals surface area (Å²) < 4.78 is 0. The maximum absolute atomic E-state index is 9.14. The van der Waals surface area contributed by atoms with Gasteiger partial charge in [-0.05, 0) is 34.1 Å². The normalized spacial score (nSPS) is 11.8. The maximum Gasteiger partial charge on any atom is 0.106 e. The van der Waals surface area contributed by atoms with E-state index in [0.29, 0.717) is 0 Å². The van der Waals surface area contributed by atoms with Gasteiger partial charge in [0.1, 0.15) is 5.03 Å². The van der Waals surface area contributed by atoms with Crippen LogP contribution in [-0.2, 0) is 0 Å². The van der Waals surface area contributed by atoms with Crippen molar-refractivity contribution in [3.63, 3.8) is 0 Å². The Bertz CT molecular complexity index is 401. The van der Waals surface area contributed by atoms with Crippen molar-refractivity contribution in [2.45, 2.75) is 5.03 Å². The summed E-state index contributed by atoms with van der Waals surface area (Å²) in [5, 5.41) is 10.1. The molecule has 0 saturated heterocycles. The molecule has 0 aliphatic carbocycles. The number of aliphatic hydroxyl groups is 1. The molecular weight excluding hydrogens is 250 g/mol. The molecule has 0 aliphatic heterocycles. The first-order chi connectivity index (χ1) is 8.31. The minimum Gasteiger partial charge on any atom is -0.392 e. The zero-order valence-corrected chi connectivity index (χ0v) is 11.1. The first-order valence-corrected chi connectivity index (χ1v) is 7.42. The molecule has 0 fully saturated rings. The molecule has 2 nitrogen and oxygen atoms in total. The summed E-state index contributed by atoms with van der Waals surface area (Å²) in [4.78, 5) is 4.22. The lowest BCUT2D eigenvalue weighted by Crippen LogP contribution is -1.94. The Kier molecular flexibility index (Phi) is 6.77. The molecule has 1 rings (SSSR count). The van der Waals surface area contributed by atoms with Crippen LogP contribution in [0.1, 0.15) is 0 Å². The van der Waals surface area contributed by atoms with Crippen LogP contribution in [0.25, 0.3) is 0 Å². The van der Waals surface area contributed by atoms with Crippen LogP contribution in [0.3, 0.4) is 0 Å². The highest BCUT2D eigenvalue weighted by Gasteiger charge is 2.01. The largest absolute Gasteiger partial charge is 0.392 e. The van der Waals surface area contributed by atoms with Gasteiger partial charge in [0.05, 0.1) is 6.61 Å². The fraction of sp³-hybridized carbons (Fsp3) is 0.154. The predicted octanol–water partition coefficient (Wildman–Crippen LogP) is 3.48. The molecule has 0 atom stereocenters. The van der Waals surface area contributed by atoms with Crippen molar-refractivity contribution < 1.29 is 5.11 Å². The van der Waals surface area contributed by atoms with Gasteiger partial charge < -0.3 is 5.11 Å². The average molecular weight is 265 g/mol. The van der Waals surface area contributed by atoms with Gasteiger partial charge in [0.2, 0.25) is 0 Å². The van der Waals surface area contributed by atoms with Gasteiger partial charge in [0, 0.05) is 11.9 Å². The van der Waals surface area contributed by atoms with Gasteiger partial charge >= 0.3 is 0 Å². The van der Waals surface area contributed by atoms with Crippen molar-refractivity contribution in [3.8, 4) is 0 Å². The van der Waals surface area contributed by atoms with Crippen molar-refractivity contribution in [2.75, 3.05) is 12.4 Å². The van der Waals surface area contributed by atoms with E-state index in [1.807, 2.05) is 18.2 Å². The number of rotatable bonds is 7. The van der Waals surface area contributed by atoms with Crippen molar-refractivity contribution >= 4 is 21.6 Å². The number of nitrogens with zero attached hydrogens (tertiary/aromatic N) is 1. The van der Waals surface area contributed by atoms with E-state index in [9.17, 15) is 0 Å². The van der Waals surface area contributed by atoms with Crippen molar-refractivity contribution in [1.82, 2.24) is 4.98 Å². The zero-order valence-electron chi connectivity index (χ0n) is 9.50. The van der Waals surface area contributed by atoms with E-state index >= 15 is 0 Å². The maximum atomic E-state index is 9.14. The monoisotopic (exact) mass is 265 g/mol. The quantitative estimate of drug-likeness (QED) is 0.604. The lowest BCUT2D eigenvalue weighted by atomic mass is 10.1. The minimum atomic E-state index is -0.000330. The van der Waals surface area contributed by atoms with E-state index in [4.69, 9.17) is 5.11 Å². The number of allylic oxidation sites excluding steroid dienone is 1. The first-order valence-electron chi connectivity index (χ1n) is 5.10. The van der Waals surface area contributed by atoms with Crippen molar-refractivity contribution in [2.24, 2.45) is 0 Å².